The highest BCUT2D eigenvalue weighted by molar-refractivity contribution is 5.91. The van der Waals surface area contributed by atoms with Gasteiger partial charge in [0.05, 0.1) is 20.3 Å². The topological polar surface area (TPSA) is 47.6 Å². The van der Waals surface area contributed by atoms with E-state index in [0.29, 0.717) is 11.5 Å². The van der Waals surface area contributed by atoms with Gasteiger partial charge in [0.25, 0.3) is 0 Å². The maximum atomic E-state index is 12.0. The Balaban J connectivity index is 2.02. The molecular weight excluding hydrogens is 290 g/mol. The van der Waals surface area contributed by atoms with Crippen LogP contribution >= 0.6 is 0 Å². The van der Waals surface area contributed by atoms with E-state index in [1.807, 2.05) is 55.5 Å². The molecule has 120 valence electrons. The molecule has 0 bridgehead atoms. The average molecular weight is 311 g/mol. The molecule has 23 heavy (non-hydrogen) atoms. The summed E-state index contributed by atoms with van der Waals surface area (Å²) in [4.78, 5) is 12.0. The number of rotatable bonds is 6. The summed E-state index contributed by atoms with van der Waals surface area (Å²) in [6, 6.07) is 15.2. The Labute approximate surface area is 136 Å². The van der Waals surface area contributed by atoms with Crippen LogP contribution in [0, 0.1) is 0 Å². The number of nitrogens with one attached hydrogen (secondary N) is 1. The summed E-state index contributed by atoms with van der Waals surface area (Å²) in [6.45, 7) is 1.93. The summed E-state index contributed by atoms with van der Waals surface area (Å²) in [7, 11) is 3.19. The van der Waals surface area contributed by atoms with Crippen LogP contribution < -0.4 is 14.8 Å². The summed E-state index contributed by atoms with van der Waals surface area (Å²) >= 11 is 0. The van der Waals surface area contributed by atoms with Crippen LogP contribution in [0.15, 0.2) is 54.6 Å². The molecule has 0 spiro atoms. The maximum absolute atomic E-state index is 12.0. The van der Waals surface area contributed by atoms with E-state index >= 15 is 0 Å². The van der Waals surface area contributed by atoms with Crippen LogP contribution in [0.1, 0.15) is 24.1 Å². The molecule has 1 N–H and O–H groups in total. The van der Waals surface area contributed by atoms with E-state index in [9.17, 15) is 4.79 Å². The predicted molar refractivity (Wildman–Crippen MR) is 91.6 cm³/mol. The van der Waals surface area contributed by atoms with Gasteiger partial charge in [0, 0.05) is 6.08 Å². The molecule has 0 aromatic heterocycles. The van der Waals surface area contributed by atoms with Gasteiger partial charge in [0.2, 0.25) is 5.91 Å². The molecule has 0 radical (unpaired) electrons. The molecule has 4 heteroatoms. The normalized spacial score (nSPS) is 12.0. The van der Waals surface area contributed by atoms with E-state index in [1.54, 1.807) is 20.3 Å². The monoisotopic (exact) mass is 311 g/mol. The van der Waals surface area contributed by atoms with E-state index in [1.165, 1.54) is 6.08 Å². The molecule has 0 aliphatic carbocycles. The Hall–Kier alpha value is -2.75. The second kappa shape index (κ2) is 8.03. The Morgan fingerprint density at radius 1 is 1.04 bits per heavy atom. The fraction of sp³-hybridized carbons (Fsp3) is 0.211. The summed E-state index contributed by atoms with van der Waals surface area (Å²) in [6.07, 6.45) is 3.32. The largest absolute Gasteiger partial charge is 0.493 e. The number of hydrogen-bond donors (Lipinski definition) is 1. The Morgan fingerprint density at radius 3 is 2.39 bits per heavy atom. The molecule has 2 rings (SSSR count). The van der Waals surface area contributed by atoms with Crippen molar-refractivity contribution < 1.29 is 14.3 Å². The van der Waals surface area contributed by atoms with Crippen molar-refractivity contribution in [3.63, 3.8) is 0 Å². The molecule has 2 aromatic carbocycles. The second-order valence-corrected chi connectivity index (χ2v) is 5.09. The first-order valence-corrected chi connectivity index (χ1v) is 7.39. The van der Waals surface area contributed by atoms with Crippen molar-refractivity contribution >= 4 is 12.0 Å². The van der Waals surface area contributed by atoms with Crippen molar-refractivity contribution in [1.82, 2.24) is 5.32 Å². The molecule has 0 fully saturated rings. The van der Waals surface area contributed by atoms with Gasteiger partial charge in [-0.05, 0) is 36.3 Å². The lowest BCUT2D eigenvalue weighted by molar-refractivity contribution is -0.117. The molecule has 0 unspecified atom stereocenters. The molecule has 4 nitrogen and oxygen atoms in total. The van der Waals surface area contributed by atoms with E-state index < -0.39 is 0 Å². The van der Waals surface area contributed by atoms with Crippen LogP contribution in [-0.4, -0.2) is 20.1 Å². The summed E-state index contributed by atoms with van der Waals surface area (Å²) < 4.78 is 10.5. The number of ether oxygens (including phenoxy) is 2. The quantitative estimate of drug-likeness (QED) is 0.829. The molecular formula is C19H21NO3. The lowest BCUT2D eigenvalue weighted by Gasteiger charge is -2.15. The summed E-state index contributed by atoms with van der Waals surface area (Å²) in [5.41, 5.74) is 1.94. The zero-order valence-electron chi connectivity index (χ0n) is 13.6. The van der Waals surface area contributed by atoms with Crippen molar-refractivity contribution in [2.45, 2.75) is 13.0 Å². The first-order valence-electron chi connectivity index (χ1n) is 7.39. The van der Waals surface area contributed by atoms with Crippen molar-refractivity contribution in [2.24, 2.45) is 0 Å². The van der Waals surface area contributed by atoms with Gasteiger partial charge in [-0.2, -0.15) is 0 Å². The van der Waals surface area contributed by atoms with E-state index in [4.69, 9.17) is 9.47 Å². The standard InChI is InChI=1S/C19H21NO3/c1-14(16-10-11-17(22-2)18(13-16)23-3)20-19(21)12-9-15-7-5-4-6-8-15/h4-14H,1-3H3,(H,20,21)/b12-9+/t14-/m1/s1. The van der Waals surface area contributed by atoms with Crippen molar-refractivity contribution in [3.8, 4) is 11.5 Å². The Bertz CT molecular complexity index is 680. The van der Waals surface area contributed by atoms with Crippen LogP contribution in [0.2, 0.25) is 0 Å². The third-order valence-corrected chi connectivity index (χ3v) is 3.49. The van der Waals surface area contributed by atoms with Gasteiger partial charge < -0.3 is 14.8 Å². The first-order chi connectivity index (χ1) is 11.1. The van der Waals surface area contributed by atoms with Gasteiger partial charge >= 0.3 is 0 Å². The van der Waals surface area contributed by atoms with Crippen LogP contribution in [-0.2, 0) is 4.79 Å². The van der Waals surface area contributed by atoms with Gasteiger partial charge in [-0.15, -0.1) is 0 Å². The number of carbonyl (C=O) groups excluding carboxylic acids is 1. The molecule has 1 atom stereocenters. The third kappa shape index (κ3) is 4.61. The predicted octanol–water partition coefficient (Wildman–Crippen LogP) is 3.59. The zero-order valence-corrected chi connectivity index (χ0v) is 13.6. The molecule has 0 saturated carbocycles. The fourth-order valence-electron chi connectivity index (χ4n) is 2.20. The smallest absolute Gasteiger partial charge is 0.244 e. The van der Waals surface area contributed by atoms with Gasteiger partial charge in [-0.3, -0.25) is 4.79 Å². The molecule has 0 saturated heterocycles. The van der Waals surface area contributed by atoms with Crippen LogP contribution in [0.5, 0.6) is 11.5 Å². The minimum absolute atomic E-state index is 0.136. The minimum Gasteiger partial charge on any atom is -0.493 e. The second-order valence-electron chi connectivity index (χ2n) is 5.09. The molecule has 0 aliphatic heterocycles. The molecule has 0 heterocycles. The highest BCUT2D eigenvalue weighted by atomic mass is 16.5. The number of methoxy groups -OCH3 is 2. The first kappa shape index (κ1) is 16.6. The minimum atomic E-state index is -0.142. The number of carbonyl (C=O) groups is 1. The van der Waals surface area contributed by atoms with Crippen molar-refractivity contribution in [2.75, 3.05) is 14.2 Å². The summed E-state index contributed by atoms with van der Waals surface area (Å²) in [5.74, 6) is 1.17. The molecule has 2 aromatic rings. The molecule has 1 amide bonds. The maximum Gasteiger partial charge on any atom is 0.244 e. The number of amides is 1. The van der Waals surface area contributed by atoms with Gasteiger partial charge in [-0.25, -0.2) is 0 Å². The van der Waals surface area contributed by atoms with Gasteiger partial charge in [0.15, 0.2) is 11.5 Å². The average Bonchev–Trinajstić information content (AvgIpc) is 2.60. The van der Waals surface area contributed by atoms with Crippen LogP contribution in [0.3, 0.4) is 0 Å². The highest BCUT2D eigenvalue weighted by Crippen LogP contribution is 2.29. The van der Waals surface area contributed by atoms with Crippen LogP contribution in [0.25, 0.3) is 6.08 Å². The van der Waals surface area contributed by atoms with Crippen molar-refractivity contribution in [3.05, 3.63) is 65.7 Å². The Kier molecular flexibility index (Phi) is 5.80. The molecule has 0 aliphatic rings. The van der Waals surface area contributed by atoms with E-state index in [-0.39, 0.29) is 11.9 Å². The zero-order chi connectivity index (χ0) is 16.7. The van der Waals surface area contributed by atoms with Crippen molar-refractivity contribution in [1.29, 1.82) is 0 Å². The highest BCUT2D eigenvalue weighted by Gasteiger charge is 2.11. The van der Waals surface area contributed by atoms with Gasteiger partial charge in [-0.1, -0.05) is 36.4 Å². The summed E-state index contributed by atoms with van der Waals surface area (Å²) in [5, 5.41) is 2.93. The fourth-order valence-corrected chi connectivity index (χ4v) is 2.20. The lowest BCUT2D eigenvalue weighted by Crippen LogP contribution is -2.24. The van der Waals surface area contributed by atoms with E-state index in [0.717, 1.165) is 11.1 Å². The van der Waals surface area contributed by atoms with Crippen LogP contribution in [0.4, 0.5) is 0 Å². The van der Waals surface area contributed by atoms with Gasteiger partial charge in [0.1, 0.15) is 0 Å². The number of benzene rings is 2. The lowest BCUT2D eigenvalue weighted by atomic mass is 10.1. The number of hydrogen-bond acceptors (Lipinski definition) is 3. The SMILES string of the molecule is COc1ccc([C@@H](C)NC(=O)/C=C/c2ccccc2)cc1OC. The third-order valence-electron chi connectivity index (χ3n) is 3.49. The Morgan fingerprint density at radius 2 is 1.74 bits per heavy atom. The van der Waals surface area contributed by atoms with E-state index in [2.05, 4.69) is 5.32 Å².